The third-order valence-corrected chi connectivity index (χ3v) is 5.31. The van der Waals surface area contributed by atoms with Gasteiger partial charge in [-0.3, -0.25) is 4.79 Å². The second-order valence-electron chi connectivity index (χ2n) is 6.08. The largest absolute Gasteiger partial charge is 0.353 e. The first kappa shape index (κ1) is 14.2. The second-order valence-corrected chi connectivity index (χ2v) is 6.93. The number of hydrogen-bond donors (Lipinski definition) is 1. The summed E-state index contributed by atoms with van der Waals surface area (Å²) < 4.78 is 0. The second kappa shape index (κ2) is 5.95. The van der Waals surface area contributed by atoms with Crippen molar-refractivity contribution in [2.45, 2.75) is 44.6 Å². The van der Waals surface area contributed by atoms with E-state index in [9.17, 15) is 4.79 Å². The van der Waals surface area contributed by atoms with Gasteiger partial charge in [0.25, 0.3) is 0 Å². The number of amides is 1. The van der Waals surface area contributed by atoms with Gasteiger partial charge in [0, 0.05) is 22.5 Å². The molecule has 1 N–H and O–H groups in total. The summed E-state index contributed by atoms with van der Waals surface area (Å²) in [4.78, 5) is 12.0. The summed E-state index contributed by atoms with van der Waals surface area (Å²) in [5, 5.41) is 4.48. The van der Waals surface area contributed by atoms with Gasteiger partial charge in [0.2, 0.25) is 5.91 Å². The van der Waals surface area contributed by atoms with Crippen LogP contribution >= 0.6 is 23.2 Å². The Morgan fingerprint density at radius 2 is 2.10 bits per heavy atom. The maximum Gasteiger partial charge on any atom is 0.220 e. The highest BCUT2D eigenvalue weighted by atomic mass is 35.5. The van der Waals surface area contributed by atoms with Gasteiger partial charge in [-0.15, -0.1) is 0 Å². The maximum absolute atomic E-state index is 12.0. The van der Waals surface area contributed by atoms with E-state index < -0.39 is 0 Å². The monoisotopic (exact) mass is 311 g/mol. The lowest BCUT2D eigenvalue weighted by molar-refractivity contribution is -0.122. The zero-order valence-corrected chi connectivity index (χ0v) is 12.9. The molecule has 2 aliphatic rings. The van der Waals surface area contributed by atoms with Crippen LogP contribution in [-0.4, -0.2) is 11.9 Å². The van der Waals surface area contributed by atoms with Crippen molar-refractivity contribution in [3.05, 3.63) is 33.8 Å². The smallest absolute Gasteiger partial charge is 0.220 e. The van der Waals surface area contributed by atoms with E-state index in [1.54, 1.807) is 6.07 Å². The van der Waals surface area contributed by atoms with Crippen LogP contribution in [0.1, 0.15) is 37.7 Å². The van der Waals surface area contributed by atoms with E-state index in [-0.39, 0.29) is 5.91 Å². The Morgan fingerprint density at radius 3 is 2.75 bits per heavy atom. The summed E-state index contributed by atoms with van der Waals surface area (Å²) in [6.45, 7) is 0. The van der Waals surface area contributed by atoms with Crippen LogP contribution in [0, 0.1) is 11.8 Å². The first-order chi connectivity index (χ1) is 9.61. The fourth-order valence-electron chi connectivity index (χ4n) is 3.67. The van der Waals surface area contributed by atoms with Gasteiger partial charge in [-0.2, -0.15) is 0 Å². The van der Waals surface area contributed by atoms with E-state index in [2.05, 4.69) is 5.32 Å². The fraction of sp³-hybridized carbons (Fsp3) is 0.562. The van der Waals surface area contributed by atoms with Gasteiger partial charge >= 0.3 is 0 Å². The zero-order valence-electron chi connectivity index (χ0n) is 11.4. The number of rotatable bonds is 4. The van der Waals surface area contributed by atoms with E-state index in [1.165, 1.54) is 25.7 Å². The van der Waals surface area contributed by atoms with Crippen LogP contribution < -0.4 is 5.32 Å². The van der Waals surface area contributed by atoms with Gasteiger partial charge in [-0.25, -0.2) is 0 Å². The van der Waals surface area contributed by atoms with Crippen molar-refractivity contribution < 1.29 is 4.79 Å². The van der Waals surface area contributed by atoms with Gasteiger partial charge in [0.1, 0.15) is 0 Å². The van der Waals surface area contributed by atoms with Gasteiger partial charge < -0.3 is 5.32 Å². The highest BCUT2D eigenvalue weighted by Gasteiger charge is 2.39. The van der Waals surface area contributed by atoms with Crippen LogP contribution in [0.5, 0.6) is 0 Å². The molecule has 20 heavy (non-hydrogen) atoms. The number of fused-ring (bicyclic) bond motifs is 2. The molecule has 0 heterocycles. The fourth-order valence-corrected chi connectivity index (χ4v) is 4.18. The quantitative estimate of drug-likeness (QED) is 0.885. The Labute approximate surface area is 129 Å². The molecular weight excluding hydrogens is 293 g/mol. The molecule has 0 radical (unpaired) electrons. The van der Waals surface area contributed by atoms with Crippen LogP contribution in [0.3, 0.4) is 0 Å². The van der Waals surface area contributed by atoms with E-state index in [1.807, 2.05) is 12.1 Å². The molecule has 2 saturated carbocycles. The van der Waals surface area contributed by atoms with Crippen molar-refractivity contribution in [3.8, 4) is 0 Å². The number of carbonyl (C=O) groups excluding carboxylic acids is 1. The molecule has 3 atom stereocenters. The Kier molecular flexibility index (Phi) is 4.23. The van der Waals surface area contributed by atoms with Gasteiger partial charge in [-0.1, -0.05) is 35.7 Å². The Morgan fingerprint density at radius 1 is 1.25 bits per heavy atom. The van der Waals surface area contributed by atoms with Crippen molar-refractivity contribution in [1.29, 1.82) is 0 Å². The standard InChI is InChI=1S/C16H19Cl2NO/c17-13-5-3-11(14(18)9-13)4-6-16(20)19-15-8-10-1-2-12(15)7-10/h3,5,9-10,12,15H,1-2,4,6-8H2,(H,19,20)/t10-,12-,15-/m1/s1. The number of halogens is 2. The predicted molar refractivity (Wildman–Crippen MR) is 82.2 cm³/mol. The van der Waals surface area contributed by atoms with Gasteiger partial charge in [0.15, 0.2) is 0 Å². The highest BCUT2D eigenvalue weighted by molar-refractivity contribution is 6.35. The summed E-state index contributed by atoms with van der Waals surface area (Å²) in [5.74, 6) is 1.73. The minimum Gasteiger partial charge on any atom is -0.353 e. The molecule has 1 aromatic rings. The molecular formula is C16H19Cl2NO. The van der Waals surface area contributed by atoms with E-state index in [0.29, 0.717) is 28.9 Å². The molecule has 4 heteroatoms. The molecule has 0 spiro atoms. The van der Waals surface area contributed by atoms with Crippen LogP contribution in [0.2, 0.25) is 10.0 Å². The minimum atomic E-state index is 0.147. The lowest BCUT2D eigenvalue weighted by Gasteiger charge is -2.22. The van der Waals surface area contributed by atoms with Gasteiger partial charge in [-0.05, 0) is 55.2 Å². The Hall–Kier alpha value is -0.730. The number of nitrogens with one attached hydrogen (secondary N) is 1. The lowest BCUT2D eigenvalue weighted by Crippen LogP contribution is -2.38. The summed E-state index contributed by atoms with van der Waals surface area (Å²) in [5.41, 5.74) is 0.985. The molecule has 1 aromatic carbocycles. The summed E-state index contributed by atoms with van der Waals surface area (Å²) in [6, 6.07) is 5.86. The van der Waals surface area contributed by atoms with Crippen LogP contribution in [-0.2, 0) is 11.2 Å². The predicted octanol–water partition coefficient (Wildman–Crippen LogP) is 4.23. The first-order valence-corrected chi connectivity index (χ1v) is 8.10. The lowest BCUT2D eigenvalue weighted by atomic mass is 9.95. The number of benzene rings is 1. The van der Waals surface area contributed by atoms with Crippen LogP contribution in [0.4, 0.5) is 0 Å². The topological polar surface area (TPSA) is 29.1 Å². The molecule has 0 aromatic heterocycles. The molecule has 3 rings (SSSR count). The number of aryl methyl sites for hydroxylation is 1. The zero-order chi connectivity index (χ0) is 14.1. The summed E-state index contributed by atoms with van der Waals surface area (Å²) in [6.07, 6.45) is 6.31. The van der Waals surface area contributed by atoms with Crippen molar-refractivity contribution >= 4 is 29.1 Å². The average Bonchev–Trinajstić information content (AvgIpc) is 3.00. The van der Waals surface area contributed by atoms with Crippen LogP contribution in [0.15, 0.2) is 18.2 Å². The van der Waals surface area contributed by atoms with E-state index >= 15 is 0 Å². The Bertz CT molecular complexity index is 517. The molecule has 2 fully saturated rings. The summed E-state index contributed by atoms with van der Waals surface area (Å²) in [7, 11) is 0. The highest BCUT2D eigenvalue weighted by Crippen LogP contribution is 2.44. The van der Waals surface area contributed by atoms with E-state index in [4.69, 9.17) is 23.2 Å². The third kappa shape index (κ3) is 3.12. The minimum absolute atomic E-state index is 0.147. The van der Waals surface area contributed by atoms with Crippen molar-refractivity contribution in [1.82, 2.24) is 5.32 Å². The molecule has 2 bridgehead atoms. The average molecular weight is 312 g/mol. The van der Waals surface area contributed by atoms with Crippen molar-refractivity contribution in [3.63, 3.8) is 0 Å². The molecule has 2 aliphatic carbocycles. The van der Waals surface area contributed by atoms with Crippen molar-refractivity contribution in [2.24, 2.45) is 11.8 Å². The molecule has 2 nitrogen and oxygen atoms in total. The van der Waals surface area contributed by atoms with Crippen molar-refractivity contribution in [2.75, 3.05) is 0 Å². The maximum atomic E-state index is 12.0. The Balaban J connectivity index is 1.49. The number of carbonyl (C=O) groups is 1. The first-order valence-electron chi connectivity index (χ1n) is 7.35. The normalized spacial score (nSPS) is 27.8. The summed E-state index contributed by atoms with van der Waals surface area (Å²) >= 11 is 12.0. The molecule has 0 saturated heterocycles. The number of hydrogen-bond acceptors (Lipinski definition) is 1. The molecule has 108 valence electrons. The molecule has 0 aliphatic heterocycles. The SMILES string of the molecule is O=C(CCc1ccc(Cl)cc1Cl)N[C@@H]1C[C@@H]2CC[C@@H]1C2. The molecule has 1 amide bonds. The third-order valence-electron chi connectivity index (χ3n) is 4.72. The van der Waals surface area contributed by atoms with Gasteiger partial charge in [0.05, 0.1) is 0 Å². The molecule has 0 unspecified atom stereocenters. The van der Waals surface area contributed by atoms with Crippen LogP contribution in [0.25, 0.3) is 0 Å². The van der Waals surface area contributed by atoms with E-state index in [0.717, 1.165) is 17.4 Å².